The molecule has 4 aromatic rings. The first-order chi connectivity index (χ1) is 16.3. The largest absolute Gasteiger partial charge is 0.462 e. The number of Topliss-reactive ketones (excluding diaryl/α,β-unsaturated/α-hetero) is 1. The molecule has 0 atom stereocenters. The predicted octanol–water partition coefficient (Wildman–Crippen LogP) is 3.70. The molecular formula is C26H24N2O6. The van der Waals surface area contributed by atoms with Gasteiger partial charge in [0.2, 0.25) is 5.78 Å². The second-order valence-corrected chi connectivity index (χ2v) is 7.88. The molecule has 1 N–H and O–H groups in total. The standard InChI is InChI=1S/C26H24N2O6/c1-4-33-26(32)24-16(3)27-15(2)23(24)21(29)14-34-22(30)13-28-19-11-7-5-9-17(19)25(31)18-10-6-8-12-20(18)28/h5-12,27H,4,13-14H2,1-3H3. The van der Waals surface area contributed by atoms with Gasteiger partial charge in [0.05, 0.1) is 28.8 Å². The third-order valence-corrected chi connectivity index (χ3v) is 5.66. The van der Waals surface area contributed by atoms with Crippen molar-refractivity contribution in [2.24, 2.45) is 0 Å². The fourth-order valence-corrected chi connectivity index (χ4v) is 4.23. The van der Waals surface area contributed by atoms with Gasteiger partial charge in [-0.05, 0) is 45.0 Å². The average Bonchev–Trinajstić information content (AvgIpc) is 3.14. The molecule has 0 spiro atoms. The maximum absolute atomic E-state index is 12.9. The number of ether oxygens (including phenoxy) is 2. The van der Waals surface area contributed by atoms with Gasteiger partial charge in [-0.25, -0.2) is 4.79 Å². The molecule has 174 valence electrons. The van der Waals surface area contributed by atoms with E-state index in [-0.39, 0.29) is 29.7 Å². The van der Waals surface area contributed by atoms with Gasteiger partial charge < -0.3 is 19.0 Å². The lowest BCUT2D eigenvalue weighted by molar-refractivity contribution is -0.143. The molecule has 8 heteroatoms. The van der Waals surface area contributed by atoms with Crippen molar-refractivity contribution in [1.29, 1.82) is 0 Å². The van der Waals surface area contributed by atoms with E-state index in [1.54, 1.807) is 73.9 Å². The van der Waals surface area contributed by atoms with Crippen molar-refractivity contribution >= 4 is 39.5 Å². The normalized spacial score (nSPS) is 11.0. The van der Waals surface area contributed by atoms with E-state index in [1.165, 1.54) is 0 Å². The van der Waals surface area contributed by atoms with Gasteiger partial charge in [-0.1, -0.05) is 24.3 Å². The number of carbonyl (C=O) groups excluding carboxylic acids is 3. The van der Waals surface area contributed by atoms with E-state index in [4.69, 9.17) is 9.47 Å². The monoisotopic (exact) mass is 460 g/mol. The molecule has 2 aromatic carbocycles. The van der Waals surface area contributed by atoms with Crippen LogP contribution in [0.5, 0.6) is 0 Å². The first kappa shape index (κ1) is 23.0. The lowest BCUT2D eigenvalue weighted by Gasteiger charge is -2.14. The Bertz CT molecular complexity index is 1430. The number of nitrogens with one attached hydrogen (secondary N) is 1. The summed E-state index contributed by atoms with van der Waals surface area (Å²) in [7, 11) is 0. The zero-order chi connectivity index (χ0) is 24.4. The number of aryl methyl sites for hydroxylation is 2. The molecule has 2 heterocycles. The first-order valence-corrected chi connectivity index (χ1v) is 10.9. The number of benzene rings is 2. The van der Waals surface area contributed by atoms with Gasteiger partial charge in [0.1, 0.15) is 6.54 Å². The van der Waals surface area contributed by atoms with Gasteiger partial charge in [0, 0.05) is 22.2 Å². The summed E-state index contributed by atoms with van der Waals surface area (Å²) in [5.41, 5.74) is 2.39. The van der Waals surface area contributed by atoms with Gasteiger partial charge in [0.25, 0.3) is 0 Å². The van der Waals surface area contributed by atoms with Crippen LogP contribution in [0.2, 0.25) is 0 Å². The molecule has 0 aliphatic carbocycles. The van der Waals surface area contributed by atoms with Crippen molar-refractivity contribution in [3.8, 4) is 0 Å². The van der Waals surface area contributed by atoms with Crippen LogP contribution >= 0.6 is 0 Å². The number of nitrogens with zero attached hydrogens (tertiary/aromatic N) is 1. The summed E-state index contributed by atoms with van der Waals surface area (Å²) in [4.78, 5) is 53.8. The highest BCUT2D eigenvalue weighted by molar-refractivity contribution is 6.09. The number of ketones is 1. The Morgan fingerprint density at radius 3 is 2.00 bits per heavy atom. The first-order valence-electron chi connectivity index (χ1n) is 10.9. The second kappa shape index (κ2) is 9.35. The molecule has 2 aromatic heterocycles. The number of hydrogen-bond donors (Lipinski definition) is 1. The van der Waals surface area contributed by atoms with Crippen molar-refractivity contribution in [3.63, 3.8) is 0 Å². The Balaban J connectivity index is 1.59. The maximum atomic E-state index is 12.9. The number of aromatic nitrogens is 2. The van der Waals surface area contributed by atoms with Crippen LogP contribution in [0.3, 0.4) is 0 Å². The lowest BCUT2D eigenvalue weighted by atomic mass is 10.1. The Morgan fingerprint density at radius 2 is 1.41 bits per heavy atom. The highest BCUT2D eigenvalue weighted by atomic mass is 16.5. The number of carbonyl (C=O) groups is 3. The Hall–Kier alpha value is -4.20. The molecule has 0 amide bonds. The molecule has 0 saturated carbocycles. The van der Waals surface area contributed by atoms with Crippen LogP contribution in [0, 0.1) is 13.8 Å². The maximum Gasteiger partial charge on any atom is 0.340 e. The number of fused-ring (bicyclic) bond motifs is 2. The number of rotatable bonds is 7. The van der Waals surface area contributed by atoms with E-state index in [0.717, 1.165) is 0 Å². The smallest absolute Gasteiger partial charge is 0.340 e. The third kappa shape index (κ3) is 4.10. The second-order valence-electron chi connectivity index (χ2n) is 7.88. The molecule has 0 fully saturated rings. The summed E-state index contributed by atoms with van der Waals surface area (Å²) >= 11 is 0. The zero-order valence-corrected chi connectivity index (χ0v) is 19.1. The van der Waals surface area contributed by atoms with Crippen LogP contribution in [-0.4, -0.2) is 40.5 Å². The summed E-state index contributed by atoms with van der Waals surface area (Å²) in [6.07, 6.45) is 0. The van der Waals surface area contributed by atoms with Crippen molar-refractivity contribution < 1.29 is 23.9 Å². The summed E-state index contributed by atoms with van der Waals surface area (Å²) in [6.45, 7) is 4.48. The van der Waals surface area contributed by atoms with E-state index in [1.807, 2.05) is 0 Å². The van der Waals surface area contributed by atoms with Crippen LogP contribution < -0.4 is 5.43 Å². The quantitative estimate of drug-likeness (QED) is 0.256. The molecule has 0 unspecified atom stereocenters. The molecular weight excluding hydrogens is 436 g/mol. The molecule has 0 radical (unpaired) electrons. The summed E-state index contributed by atoms with van der Waals surface area (Å²) < 4.78 is 12.1. The molecule has 0 saturated heterocycles. The minimum Gasteiger partial charge on any atom is -0.462 e. The zero-order valence-electron chi connectivity index (χ0n) is 19.1. The summed E-state index contributed by atoms with van der Waals surface area (Å²) in [6, 6.07) is 14.1. The number of aromatic amines is 1. The van der Waals surface area contributed by atoms with Crippen LogP contribution in [0.25, 0.3) is 21.8 Å². The van der Waals surface area contributed by atoms with Gasteiger partial charge in [-0.2, -0.15) is 0 Å². The highest BCUT2D eigenvalue weighted by Gasteiger charge is 2.26. The van der Waals surface area contributed by atoms with E-state index in [9.17, 15) is 19.2 Å². The highest BCUT2D eigenvalue weighted by Crippen LogP contribution is 2.21. The minimum absolute atomic E-state index is 0.115. The number of hydrogen-bond acceptors (Lipinski definition) is 6. The van der Waals surface area contributed by atoms with E-state index in [0.29, 0.717) is 33.2 Å². The third-order valence-electron chi connectivity index (χ3n) is 5.66. The summed E-state index contributed by atoms with van der Waals surface area (Å²) in [5.74, 6) is -1.76. The lowest BCUT2D eigenvalue weighted by Crippen LogP contribution is -2.22. The minimum atomic E-state index is -0.644. The van der Waals surface area contributed by atoms with Crippen LogP contribution in [0.1, 0.15) is 39.0 Å². The van der Waals surface area contributed by atoms with Gasteiger partial charge in [-0.3, -0.25) is 14.4 Å². The van der Waals surface area contributed by atoms with Crippen molar-refractivity contribution in [3.05, 3.63) is 81.3 Å². The Kier molecular flexibility index (Phi) is 6.32. The van der Waals surface area contributed by atoms with E-state index in [2.05, 4.69) is 4.98 Å². The molecule has 0 aliphatic heterocycles. The Labute approximate surface area is 195 Å². The van der Waals surface area contributed by atoms with Crippen molar-refractivity contribution in [2.45, 2.75) is 27.3 Å². The van der Waals surface area contributed by atoms with Crippen molar-refractivity contribution in [2.75, 3.05) is 13.2 Å². The van der Waals surface area contributed by atoms with E-state index >= 15 is 0 Å². The molecule has 0 bridgehead atoms. The van der Waals surface area contributed by atoms with Crippen molar-refractivity contribution in [1.82, 2.24) is 9.55 Å². The summed E-state index contributed by atoms with van der Waals surface area (Å²) in [5, 5.41) is 0.977. The fraction of sp³-hybridized carbons (Fsp3) is 0.231. The molecule has 34 heavy (non-hydrogen) atoms. The van der Waals surface area contributed by atoms with Gasteiger partial charge in [-0.15, -0.1) is 0 Å². The average molecular weight is 460 g/mol. The Morgan fingerprint density at radius 1 is 0.853 bits per heavy atom. The SMILES string of the molecule is CCOC(=O)c1c(C)[nH]c(C)c1C(=O)COC(=O)Cn1c2ccccc2c(=O)c2ccccc21. The van der Waals surface area contributed by atoms with E-state index < -0.39 is 24.3 Å². The molecule has 4 rings (SSSR count). The number of pyridine rings is 1. The van der Waals surface area contributed by atoms with Gasteiger partial charge in [0.15, 0.2) is 12.0 Å². The number of esters is 2. The molecule has 8 nitrogen and oxygen atoms in total. The van der Waals surface area contributed by atoms with Crippen LogP contribution in [-0.2, 0) is 20.8 Å². The van der Waals surface area contributed by atoms with Crippen LogP contribution in [0.15, 0.2) is 53.3 Å². The number of para-hydroxylation sites is 2. The number of H-pyrrole nitrogens is 1. The predicted molar refractivity (Wildman–Crippen MR) is 127 cm³/mol. The fourth-order valence-electron chi connectivity index (χ4n) is 4.23. The topological polar surface area (TPSA) is 107 Å². The molecule has 0 aliphatic rings. The van der Waals surface area contributed by atoms with Crippen LogP contribution in [0.4, 0.5) is 0 Å². The van der Waals surface area contributed by atoms with Gasteiger partial charge >= 0.3 is 11.9 Å².